The van der Waals surface area contributed by atoms with Crippen LogP contribution in [0.25, 0.3) is 16.6 Å². The minimum Gasteiger partial charge on any atom is -0.475 e. The predicted molar refractivity (Wildman–Crippen MR) is 130 cm³/mol. The number of hydrogen-bond acceptors (Lipinski definition) is 5. The number of carbonyl (C=O) groups is 3. The molecule has 3 N–H and O–H groups in total. The summed E-state index contributed by atoms with van der Waals surface area (Å²) in [5.41, 5.74) is 8.41. The molecular formula is C25H28F3N5O4. The summed E-state index contributed by atoms with van der Waals surface area (Å²) in [5.74, 6) is -2.95. The van der Waals surface area contributed by atoms with E-state index in [9.17, 15) is 22.8 Å². The van der Waals surface area contributed by atoms with Crippen molar-refractivity contribution in [2.45, 2.75) is 25.6 Å². The smallest absolute Gasteiger partial charge is 0.475 e. The summed E-state index contributed by atoms with van der Waals surface area (Å²) in [4.78, 5) is 37.3. The van der Waals surface area contributed by atoms with Crippen molar-refractivity contribution in [3.05, 3.63) is 59.8 Å². The minimum atomic E-state index is -5.08. The van der Waals surface area contributed by atoms with E-state index in [1.54, 1.807) is 16.8 Å². The average molecular weight is 520 g/mol. The Kier molecular flexibility index (Phi) is 8.53. The Bertz CT molecular complexity index is 1270. The number of likely N-dealkylation sites (tertiary alicyclic amines) is 1. The second-order valence-corrected chi connectivity index (χ2v) is 8.95. The zero-order chi connectivity index (χ0) is 27.3. The first-order chi connectivity index (χ1) is 17.4. The van der Waals surface area contributed by atoms with Gasteiger partial charge in [-0.2, -0.15) is 18.3 Å². The maximum Gasteiger partial charge on any atom is 0.490 e. The Balaban J connectivity index is 0.000000479. The largest absolute Gasteiger partial charge is 0.490 e. The second kappa shape index (κ2) is 11.4. The molecule has 1 aliphatic heterocycles. The minimum absolute atomic E-state index is 0.0870. The Morgan fingerprint density at radius 2 is 1.81 bits per heavy atom. The molecule has 0 bridgehead atoms. The fourth-order valence-electron chi connectivity index (χ4n) is 4.16. The number of nitrogens with zero attached hydrogens (tertiary/aromatic N) is 4. The number of primary amides is 1. The molecule has 198 valence electrons. The highest BCUT2D eigenvalue weighted by Gasteiger charge is 2.38. The van der Waals surface area contributed by atoms with Crippen LogP contribution in [0.1, 0.15) is 28.8 Å². The Morgan fingerprint density at radius 1 is 1.16 bits per heavy atom. The lowest BCUT2D eigenvalue weighted by Gasteiger charge is -2.31. The number of benzene rings is 2. The van der Waals surface area contributed by atoms with Crippen LogP contribution in [0, 0.1) is 5.92 Å². The molecule has 2 heterocycles. The van der Waals surface area contributed by atoms with Crippen molar-refractivity contribution < 1.29 is 32.7 Å². The summed E-state index contributed by atoms with van der Waals surface area (Å²) < 4.78 is 33.5. The highest BCUT2D eigenvalue weighted by Crippen LogP contribution is 2.21. The van der Waals surface area contributed by atoms with E-state index in [2.05, 4.69) is 17.0 Å². The molecule has 1 aromatic heterocycles. The summed E-state index contributed by atoms with van der Waals surface area (Å²) >= 11 is 0. The number of fused-ring (bicyclic) bond motifs is 1. The van der Waals surface area contributed by atoms with E-state index >= 15 is 0 Å². The van der Waals surface area contributed by atoms with Crippen LogP contribution in [-0.2, 0) is 16.1 Å². The van der Waals surface area contributed by atoms with Crippen molar-refractivity contribution in [1.29, 1.82) is 0 Å². The van der Waals surface area contributed by atoms with E-state index in [-0.39, 0.29) is 11.8 Å². The number of carboxylic acid groups (broad SMARTS) is 1. The first kappa shape index (κ1) is 27.7. The van der Waals surface area contributed by atoms with Gasteiger partial charge in [-0.25, -0.2) is 9.48 Å². The molecule has 1 unspecified atom stereocenters. The van der Waals surface area contributed by atoms with Crippen LogP contribution in [0.4, 0.5) is 13.2 Å². The highest BCUT2D eigenvalue weighted by molar-refractivity contribution is 6.04. The number of alkyl halides is 3. The van der Waals surface area contributed by atoms with Crippen LogP contribution in [-0.4, -0.2) is 75.8 Å². The number of nitrogens with two attached hydrogens (primary N) is 1. The van der Waals surface area contributed by atoms with Crippen molar-refractivity contribution in [3.8, 4) is 5.69 Å². The molecular weight excluding hydrogens is 491 g/mol. The van der Waals surface area contributed by atoms with Crippen molar-refractivity contribution >= 4 is 28.7 Å². The topological polar surface area (TPSA) is 122 Å². The molecule has 2 aromatic carbocycles. The number of piperidine rings is 1. The molecule has 0 radical (unpaired) electrons. The number of carbonyl (C=O) groups excluding carboxylic acids is 2. The molecule has 4 rings (SSSR count). The lowest BCUT2D eigenvalue weighted by molar-refractivity contribution is -0.192. The molecule has 1 saturated heterocycles. The van der Waals surface area contributed by atoms with Crippen LogP contribution in [0.2, 0.25) is 0 Å². The molecule has 12 heteroatoms. The molecule has 2 amide bonds. The number of amides is 2. The van der Waals surface area contributed by atoms with Crippen LogP contribution in [0.15, 0.2) is 48.7 Å². The third-order valence-corrected chi connectivity index (χ3v) is 6.01. The quantitative estimate of drug-likeness (QED) is 0.535. The van der Waals surface area contributed by atoms with Crippen LogP contribution in [0.5, 0.6) is 0 Å². The molecule has 37 heavy (non-hydrogen) atoms. The van der Waals surface area contributed by atoms with Gasteiger partial charge in [0.2, 0.25) is 5.91 Å². The lowest BCUT2D eigenvalue weighted by atomic mass is 9.97. The van der Waals surface area contributed by atoms with E-state index < -0.39 is 18.1 Å². The standard InChI is InChI=1S/C23H27N5O2.C2HF3O2/c1-26-12-4-6-18(14-26)23(30)27(2)13-16-8-10-19(11-9-16)28-15-17-5-3-7-20(22(24)29)21(17)25-28;3-2(4,5)1(6)7/h3,5,7-11,15,18H,4,6,12-14H2,1-2H3,(H2,24,29);(H,6,7). The van der Waals surface area contributed by atoms with E-state index in [0.29, 0.717) is 17.6 Å². The van der Waals surface area contributed by atoms with E-state index in [1.165, 1.54) is 0 Å². The van der Waals surface area contributed by atoms with Gasteiger partial charge in [0.05, 0.1) is 17.2 Å². The first-order valence-electron chi connectivity index (χ1n) is 11.5. The SMILES string of the molecule is CN1CCCC(C(=O)N(C)Cc2ccc(-n3cc4cccc(C(N)=O)c4n3)cc2)C1.O=C(O)C(F)(F)F. The van der Waals surface area contributed by atoms with Crippen molar-refractivity contribution in [2.75, 3.05) is 27.2 Å². The number of carboxylic acids is 1. The van der Waals surface area contributed by atoms with Gasteiger partial charge in [-0.3, -0.25) is 9.59 Å². The molecule has 9 nitrogen and oxygen atoms in total. The number of hydrogen-bond donors (Lipinski definition) is 2. The normalized spacial score (nSPS) is 16.1. The van der Waals surface area contributed by atoms with Crippen LogP contribution in [0.3, 0.4) is 0 Å². The van der Waals surface area contributed by atoms with E-state index in [4.69, 9.17) is 15.6 Å². The molecule has 1 aliphatic rings. The molecule has 0 aliphatic carbocycles. The van der Waals surface area contributed by atoms with Gasteiger partial charge in [-0.05, 0) is 50.2 Å². The Hall–Kier alpha value is -3.93. The maximum absolute atomic E-state index is 12.8. The van der Waals surface area contributed by atoms with Gasteiger partial charge in [0, 0.05) is 31.7 Å². The fraction of sp³-hybridized carbons (Fsp3) is 0.360. The zero-order valence-electron chi connectivity index (χ0n) is 20.4. The molecule has 0 spiro atoms. The van der Waals surface area contributed by atoms with Gasteiger partial charge < -0.3 is 20.6 Å². The summed E-state index contributed by atoms with van der Waals surface area (Å²) in [6.45, 7) is 2.48. The van der Waals surface area contributed by atoms with Gasteiger partial charge in [0.15, 0.2) is 0 Å². The Morgan fingerprint density at radius 3 is 2.38 bits per heavy atom. The summed E-state index contributed by atoms with van der Waals surface area (Å²) in [7, 11) is 3.94. The van der Waals surface area contributed by atoms with Gasteiger partial charge in [-0.1, -0.05) is 24.3 Å². The maximum atomic E-state index is 12.8. The number of rotatable bonds is 5. The van der Waals surface area contributed by atoms with Crippen LogP contribution < -0.4 is 5.73 Å². The van der Waals surface area contributed by atoms with Gasteiger partial charge >= 0.3 is 12.1 Å². The van der Waals surface area contributed by atoms with Crippen molar-refractivity contribution in [2.24, 2.45) is 11.7 Å². The van der Waals surface area contributed by atoms with E-state index in [0.717, 1.165) is 42.6 Å². The first-order valence-corrected chi connectivity index (χ1v) is 11.5. The number of aliphatic carboxylic acids is 1. The highest BCUT2D eigenvalue weighted by atomic mass is 19.4. The van der Waals surface area contributed by atoms with Crippen LogP contribution >= 0.6 is 0 Å². The zero-order valence-corrected chi connectivity index (χ0v) is 20.4. The van der Waals surface area contributed by atoms with Gasteiger partial charge in [0.1, 0.15) is 5.52 Å². The van der Waals surface area contributed by atoms with Gasteiger partial charge in [-0.15, -0.1) is 0 Å². The Labute approximate surface area is 211 Å². The fourth-order valence-corrected chi connectivity index (χ4v) is 4.16. The third kappa shape index (κ3) is 7.06. The predicted octanol–water partition coefficient (Wildman–Crippen LogP) is 3.06. The molecule has 3 aromatic rings. The number of halogens is 3. The molecule has 1 fully saturated rings. The second-order valence-electron chi connectivity index (χ2n) is 8.95. The van der Waals surface area contributed by atoms with Crippen molar-refractivity contribution in [3.63, 3.8) is 0 Å². The molecule has 0 saturated carbocycles. The summed E-state index contributed by atoms with van der Waals surface area (Å²) in [5, 5.41) is 12.5. The lowest BCUT2D eigenvalue weighted by Crippen LogP contribution is -2.41. The third-order valence-electron chi connectivity index (χ3n) is 6.01. The monoisotopic (exact) mass is 519 g/mol. The molecule has 1 atom stereocenters. The van der Waals surface area contributed by atoms with E-state index in [1.807, 2.05) is 48.5 Å². The van der Waals surface area contributed by atoms with Crippen molar-refractivity contribution in [1.82, 2.24) is 19.6 Å². The average Bonchev–Trinajstić information content (AvgIpc) is 3.28. The summed E-state index contributed by atoms with van der Waals surface area (Å²) in [6, 6.07) is 13.3. The number of aromatic nitrogens is 2. The summed E-state index contributed by atoms with van der Waals surface area (Å²) in [6.07, 6.45) is -1.16. The van der Waals surface area contributed by atoms with Gasteiger partial charge in [0.25, 0.3) is 5.91 Å².